The van der Waals surface area contributed by atoms with Crippen molar-refractivity contribution in [2.24, 2.45) is 0 Å². The van der Waals surface area contributed by atoms with Crippen LogP contribution in [0.1, 0.15) is 116 Å². The standard InChI is InChI=1S/C27H20N6O2.C27H21N5O3.2C26H18FN7O/c1-35-22-6-4-18-15-33(16-20(18)13-22)27-29-11-9-24(32-27)25-28-10-8-21(31-25)5-2-17-3-7-23-19(12-17)14-30-26(23)34;1-34-23-10-8-20-16-32(17-21(20)15-23)27-29-14-12-24(31-27)25-28-13-11-22(30-25)9-5-18-3-6-19(7-4-18)26(33)35-2;1-35-20-6-4-17-14-34(15-18(17)13-20)26-29-11-9-23(31-26)25-28-10-8-19(30-25)5-2-16-3-7-22-21(12-16)24(27)33-32-22;1-35-21-5-3-17-14-34(15-19(17)12-21)26-29-9-7-23(32-26)25-28-8-6-20(31-25)4-2-16-10-18-13-30-33-24(18)22(27)11-16/h3-4,6-13H,14-16H2,1H3,(H,30,34);3-4,6-8,10-15H,16-17H2,1-2H3;3-4,6-13H,14-15H2,1H3,(H,32,33);3,5-13H,14-15H2,1H3,(H,30,33). The molecule has 682 valence electrons. The van der Waals surface area contributed by atoms with Crippen LogP contribution in [0.25, 0.3) is 67.9 Å². The number of hydrogen-bond acceptors (Lipinski definition) is 29. The number of fused-ring (bicyclic) bond motifs is 7. The third kappa shape index (κ3) is 20.0. The van der Waals surface area contributed by atoms with Gasteiger partial charge in [0, 0.05) is 142 Å². The lowest BCUT2D eigenvalue weighted by molar-refractivity contribution is 0.0600. The predicted octanol–water partition coefficient (Wildman–Crippen LogP) is 14.5. The summed E-state index contributed by atoms with van der Waals surface area (Å²) in [6.07, 6.45) is 15.0. The van der Waals surface area contributed by atoms with Crippen LogP contribution in [0.2, 0.25) is 0 Å². The molecule has 34 heteroatoms. The lowest BCUT2D eigenvalue weighted by Crippen LogP contribution is -2.17. The Hall–Kier alpha value is -19.2. The highest BCUT2D eigenvalue weighted by Crippen LogP contribution is 2.36. The van der Waals surface area contributed by atoms with Gasteiger partial charge < -0.3 is 48.6 Å². The van der Waals surface area contributed by atoms with Crippen molar-refractivity contribution in [3.63, 3.8) is 0 Å². The molecule has 0 unspecified atom stereocenters. The van der Waals surface area contributed by atoms with Gasteiger partial charge in [-0.2, -0.15) is 14.6 Å². The van der Waals surface area contributed by atoms with Crippen LogP contribution in [-0.2, 0) is 63.6 Å². The van der Waals surface area contributed by atoms with E-state index in [-0.39, 0.29) is 11.9 Å². The number of carbonyl (C=O) groups is 2. The molecule has 0 fully saturated rings. The van der Waals surface area contributed by atoms with Gasteiger partial charge in [-0.3, -0.25) is 15.0 Å². The van der Waals surface area contributed by atoms with Crippen molar-refractivity contribution in [1.29, 1.82) is 0 Å². The summed E-state index contributed by atoms with van der Waals surface area (Å²) in [6.45, 7) is 6.24. The van der Waals surface area contributed by atoms with Crippen LogP contribution >= 0.6 is 0 Å². The number of ether oxygens (including phenoxy) is 5. The number of hydrogen-bond donors (Lipinski definition) is 3. The molecule has 32 nitrogen and oxygen atoms in total. The van der Waals surface area contributed by atoms with Gasteiger partial charge >= 0.3 is 5.97 Å². The summed E-state index contributed by atoms with van der Waals surface area (Å²) in [7, 11) is 8.02. The molecule has 1 amide bonds. The molecule has 10 aromatic heterocycles. The number of esters is 1. The number of nitrogens with zero attached hydrogens (tertiary/aromatic N) is 22. The van der Waals surface area contributed by atoms with Gasteiger partial charge in [-0.15, -0.1) is 0 Å². The molecule has 5 aliphatic heterocycles. The molecule has 0 radical (unpaired) electrons. The van der Waals surface area contributed by atoms with Crippen molar-refractivity contribution in [2.45, 2.75) is 58.9 Å². The smallest absolute Gasteiger partial charge is 0.337 e. The molecule has 8 aromatic carbocycles. The average molecular weight is 1850 g/mol. The Labute approximate surface area is 799 Å². The van der Waals surface area contributed by atoms with Crippen LogP contribution in [0.3, 0.4) is 0 Å². The first-order valence-electron chi connectivity index (χ1n) is 43.8. The van der Waals surface area contributed by atoms with Gasteiger partial charge in [0.15, 0.2) is 23.3 Å². The number of aromatic nitrogens is 20. The average Bonchev–Trinajstić information content (AvgIpc) is 1.66. The van der Waals surface area contributed by atoms with Crippen molar-refractivity contribution in [3.8, 4) is 116 Å². The highest BCUT2D eigenvalue weighted by molar-refractivity contribution is 5.98. The van der Waals surface area contributed by atoms with Crippen LogP contribution in [-0.4, -0.2) is 148 Å². The molecule has 15 heterocycles. The Kier molecular flexibility index (Phi) is 25.3. The lowest BCUT2D eigenvalue weighted by Gasteiger charge is -2.15. The van der Waals surface area contributed by atoms with Crippen molar-refractivity contribution < 1.29 is 42.1 Å². The second kappa shape index (κ2) is 39.9. The van der Waals surface area contributed by atoms with E-state index in [2.05, 4.69) is 183 Å². The van der Waals surface area contributed by atoms with Crippen LogP contribution in [0.15, 0.2) is 250 Å². The zero-order chi connectivity index (χ0) is 95.5. The zero-order valence-corrected chi connectivity index (χ0v) is 75.5. The summed E-state index contributed by atoms with van der Waals surface area (Å²) in [6, 6.07) is 59.2. The summed E-state index contributed by atoms with van der Waals surface area (Å²) in [5.74, 6) is 30.7. The minimum Gasteiger partial charge on any atom is -0.497 e. The summed E-state index contributed by atoms with van der Waals surface area (Å²) >= 11 is 0. The Bertz CT molecular complexity index is 8160. The second-order valence-electron chi connectivity index (χ2n) is 32.2. The Morgan fingerprint density at radius 2 is 0.721 bits per heavy atom. The minimum atomic E-state index is -0.479. The van der Waals surface area contributed by atoms with Crippen molar-refractivity contribution in [1.82, 2.24) is 105 Å². The second-order valence-corrected chi connectivity index (χ2v) is 32.2. The van der Waals surface area contributed by atoms with Gasteiger partial charge in [0.2, 0.25) is 29.7 Å². The molecule has 23 rings (SSSR count). The quantitative estimate of drug-likeness (QED) is 0.0713. The zero-order valence-electron chi connectivity index (χ0n) is 75.5. The SMILES string of the molecule is COC(=O)c1ccc(C#Cc2ccnc(-c3ccnc(N4Cc5ccc(OC)cc5C4)n3)n2)cc1.COc1ccc2c(c1)CN(c1nccc(-c3nccc(C#Cc4cc(F)c5[nH]ncc5c4)n3)n1)C2.COc1ccc2c(c1)CN(c1nccc(-c3nccc(C#Cc4ccc5c(c4)CNC5=O)n3)n1)C2.COc1ccc2c(c1)CN(c1nccc(-c3nccc(C#Cc4ccc5n[nH]c(F)c5c4)n3)n1)C2. The number of aromatic amines is 2. The molecule has 0 bridgehead atoms. The molecule has 5 aliphatic rings. The van der Waals surface area contributed by atoms with Gasteiger partial charge in [-0.25, -0.2) is 88.9 Å². The maximum absolute atomic E-state index is 14.2. The third-order valence-electron chi connectivity index (χ3n) is 23.2. The van der Waals surface area contributed by atoms with Gasteiger partial charge in [-0.05, 0) is 244 Å². The van der Waals surface area contributed by atoms with Gasteiger partial charge in [0.25, 0.3) is 5.91 Å². The van der Waals surface area contributed by atoms with E-state index >= 15 is 0 Å². The maximum atomic E-state index is 14.2. The van der Waals surface area contributed by atoms with Gasteiger partial charge in [0.1, 0.15) is 79.9 Å². The van der Waals surface area contributed by atoms with E-state index in [1.54, 1.807) is 181 Å². The fourth-order valence-electron chi connectivity index (χ4n) is 16.1. The maximum Gasteiger partial charge on any atom is 0.337 e. The molecule has 0 saturated carbocycles. The number of H-pyrrole nitrogens is 2. The highest BCUT2D eigenvalue weighted by Gasteiger charge is 2.29. The topological polar surface area (TPSA) is 369 Å². The molecule has 0 atom stereocenters. The normalized spacial score (nSPS) is 12.5. The van der Waals surface area contributed by atoms with Crippen molar-refractivity contribution >= 4 is 57.5 Å². The molecule has 3 N–H and O–H groups in total. The van der Waals surface area contributed by atoms with Crippen LogP contribution in [0.4, 0.5) is 32.6 Å². The van der Waals surface area contributed by atoms with Crippen LogP contribution in [0.5, 0.6) is 23.0 Å². The summed E-state index contributed by atoms with van der Waals surface area (Å²) < 4.78 is 54.1. The predicted molar refractivity (Wildman–Crippen MR) is 515 cm³/mol. The van der Waals surface area contributed by atoms with Crippen LogP contribution < -0.4 is 43.9 Å². The Morgan fingerprint density at radius 3 is 1.13 bits per heavy atom. The number of carbonyl (C=O) groups excluding carboxylic acids is 2. The number of methoxy groups -OCH3 is 5. The molecule has 140 heavy (non-hydrogen) atoms. The Morgan fingerprint density at radius 1 is 0.350 bits per heavy atom. The van der Waals surface area contributed by atoms with E-state index in [1.807, 2.05) is 60.7 Å². The lowest BCUT2D eigenvalue weighted by atomic mass is 10.1. The number of anilines is 4. The highest BCUT2D eigenvalue weighted by atomic mass is 19.1. The summed E-state index contributed by atoms with van der Waals surface area (Å²) in [4.78, 5) is 104. The molecular formula is C106H77F2N25O7. The van der Waals surface area contributed by atoms with Crippen molar-refractivity contribution in [2.75, 3.05) is 55.1 Å². The number of amides is 1. The van der Waals surface area contributed by atoms with Gasteiger partial charge in [-0.1, -0.05) is 47.9 Å². The van der Waals surface area contributed by atoms with E-state index in [1.165, 1.54) is 57.7 Å². The number of nitrogens with one attached hydrogen (secondary N) is 3. The van der Waals surface area contributed by atoms with E-state index in [0.717, 1.165) is 59.3 Å². The first-order chi connectivity index (χ1) is 68.6. The van der Waals surface area contributed by atoms with Gasteiger partial charge in [0.05, 0.1) is 58.2 Å². The van der Waals surface area contributed by atoms with Crippen molar-refractivity contribution in [3.05, 3.63) is 368 Å². The first kappa shape index (κ1) is 88.7. The first-order valence-corrected chi connectivity index (χ1v) is 43.8. The molecule has 0 aliphatic carbocycles. The minimum absolute atomic E-state index is 0.0401. The fraction of sp³-hybridized carbons (Fsp3) is 0.132. The monoisotopic (exact) mass is 1850 g/mol. The third-order valence-corrected chi connectivity index (χ3v) is 23.2. The van der Waals surface area contributed by atoms with E-state index in [0.29, 0.717) is 176 Å². The summed E-state index contributed by atoms with van der Waals surface area (Å²) in [5, 5.41) is 16.6. The van der Waals surface area contributed by atoms with Crippen LogP contribution in [0, 0.1) is 59.1 Å². The Balaban J connectivity index is 0.000000115. The number of rotatable bonds is 13. The molecular weight excluding hydrogens is 1770 g/mol. The number of benzene rings is 8. The van der Waals surface area contributed by atoms with E-state index in [4.69, 9.17) is 43.6 Å². The molecule has 18 aromatic rings. The van der Waals surface area contributed by atoms with E-state index in [9.17, 15) is 18.4 Å². The molecule has 0 spiro atoms. The van der Waals surface area contributed by atoms with E-state index < -0.39 is 11.8 Å². The molecule has 0 saturated heterocycles. The fourth-order valence-corrected chi connectivity index (χ4v) is 16.1. The largest absolute Gasteiger partial charge is 0.497 e. The number of halogens is 2. The summed E-state index contributed by atoms with van der Waals surface area (Å²) in [5.41, 5.74) is 20.2.